The third kappa shape index (κ3) is 5.56. The minimum atomic E-state index is 0. The summed E-state index contributed by atoms with van der Waals surface area (Å²) in [6.07, 6.45) is 8.08. The Kier molecular flexibility index (Phi) is 8.15. The average Bonchev–Trinajstić information content (AvgIpc) is 3.20. The fourth-order valence-electron chi connectivity index (χ4n) is 3.27. The van der Waals surface area contributed by atoms with Crippen LogP contribution in [0.15, 0.2) is 22.8 Å². The molecule has 2 aromatic rings. The number of aliphatic imine (C=N–C) groups is 1. The summed E-state index contributed by atoms with van der Waals surface area (Å²) in [5.74, 6) is 0.865. The van der Waals surface area contributed by atoms with Crippen molar-refractivity contribution >= 4 is 46.2 Å². The van der Waals surface area contributed by atoms with Crippen molar-refractivity contribution in [3.8, 4) is 0 Å². The average molecular weight is 490 g/mol. The van der Waals surface area contributed by atoms with Crippen molar-refractivity contribution in [1.29, 1.82) is 0 Å². The number of hydrogen-bond acceptors (Lipinski definition) is 4. The molecule has 3 rings (SSSR count). The molecule has 8 heteroatoms. The zero-order valence-corrected chi connectivity index (χ0v) is 19.1. The lowest BCUT2D eigenvalue weighted by atomic mass is 9.98. The summed E-state index contributed by atoms with van der Waals surface area (Å²) in [4.78, 5) is 12.9. The summed E-state index contributed by atoms with van der Waals surface area (Å²) in [6.45, 7) is 11.5. The molecule has 2 aromatic heterocycles. The second-order valence-electron chi connectivity index (χ2n) is 7.23. The molecule has 0 spiro atoms. The molecule has 0 amide bonds. The smallest absolute Gasteiger partial charge is 0.193 e. The molecule has 0 atom stereocenters. The highest BCUT2D eigenvalue weighted by atomic mass is 127. The fraction of sp³-hybridized carbons (Fsp3) is 0.667. The van der Waals surface area contributed by atoms with Gasteiger partial charge in [0.25, 0.3) is 0 Å². The summed E-state index contributed by atoms with van der Waals surface area (Å²) in [6, 6.07) is 0. The van der Waals surface area contributed by atoms with E-state index in [1.807, 2.05) is 11.6 Å². The molecule has 0 bridgehead atoms. The quantitative estimate of drug-likeness (QED) is 0.371. The van der Waals surface area contributed by atoms with E-state index in [4.69, 9.17) is 4.99 Å². The van der Waals surface area contributed by atoms with E-state index in [0.29, 0.717) is 6.54 Å². The zero-order chi connectivity index (χ0) is 17.7. The Morgan fingerprint density at radius 3 is 2.73 bits per heavy atom. The Morgan fingerprint density at radius 1 is 1.27 bits per heavy atom. The summed E-state index contributed by atoms with van der Waals surface area (Å²) in [5.41, 5.74) is 1.13. The Labute approximate surface area is 177 Å². The Balaban J connectivity index is 0.00000243. The molecule has 146 valence electrons. The van der Waals surface area contributed by atoms with Gasteiger partial charge in [0, 0.05) is 36.4 Å². The summed E-state index contributed by atoms with van der Waals surface area (Å²) >= 11 is 1.65. The maximum absolute atomic E-state index is 4.71. The maximum atomic E-state index is 4.71. The van der Waals surface area contributed by atoms with Gasteiger partial charge in [0.1, 0.15) is 0 Å². The molecule has 1 saturated heterocycles. The van der Waals surface area contributed by atoms with Crippen LogP contribution in [0.3, 0.4) is 0 Å². The highest BCUT2D eigenvalue weighted by Crippen LogP contribution is 2.19. The first-order valence-electron chi connectivity index (χ1n) is 9.27. The molecule has 1 fully saturated rings. The molecule has 1 aliphatic rings. The predicted molar refractivity (Wildman–Crippen MR) is 121 cm³/mol. The van der Waals surface area contributed by atoms with Gasteiger partial charge < -0.3 is 10.6 Å². The van der Waals surface area contributed by atoms with Crippen molar-refractivity contribution in [2.75, 3.05) is 26.2 Å². The normalized spacial score (nSPS) is 16.5. The van der Waals surface area contributed by atoms with Gasteiger partial charge in [0.2, 0.25) is 0 Å². The van der Waals surface area contributed by atoms with E-state index >= 15 is 0 Å². The van der Waals surface area contributed by atoms with Crippen molar-refractivity contribution in [2.45, 2.75) is 52.1 Å². The topological polar surface area (TPSA) is 57.0 Å². The second kappa shape index (κ2) is 9.89. The standard InChI is InChI=1S/C18H30N6S.HI/c1-4-19-16(20-12-15-13-23-10-11-25-17(23)22-15)21-14-18(2,3)24-8-6-5-7-9-24;/h10-11,13H,4-9,12,14H2,1-3H3,(H2,19,20,21);1H. The Hall–Kier alpha value is -0.870. The largest absolute Gasteiger partial charge is 0.357 e. The van der Waals surface area contributed by atoms with Gasteiger partial charge in [-0.15, -0.1) is 35.3 Å². The number of halogens is 1. The molecule has 0 unspecified atom stereocenters. The number of nitrogens with zero attached hydrogens (tertiary/aromatic N) is 4. The predicted octanol–water partition coefficient (Wildman–Crippen LogP) is 3.33. The molecule has 0 aliphatic carbocycles. The van der Waals surface area contributed by atoms with Crippen LogP contribution in [0.5, 0.6) is 0 Å². The molecule has 2 N–H and O–H groups in total. The lowest BCUT2D eigenvalue weighted by Gasteiger charge is -2.41. The van der Waals surface area contributed by atoms with Crippen molar-refractivity contribution in [3.05, 3.63) is 23.5 Å². The van der Waals surface area contributed by atoms with E-state index < -0.39 is 0 Å². The third-order valence-electron chi connectivity index (χ3n) is 4.79. The van der Waals surface area contributed by atoms with E-state index in [1.165, 1.54) is 32.4 Å². The number of guanidine groups is 1. The number of imidazole rings is 1. The lowest BCUT2D eigenvalue weighted by molar-refractivity contribution is 0.0982. The number of rotatable bonds is 6. The molecular formula is C18H31IN6S. The Morgan fingerprint density at radius 2 is 2.04 bits per heavy atom. The first-order valence-corrected chi connectivity index (χ1v) is 10.1. The number of likely N-dealkylation sites (tertiary alicyclic amines) is 1. The Bertz CT molecular complexity index is 673. The molecule has 0 saturated carbocycles. The van der Waals surface area contributed by atoms with Crippen molar-refractivity contribution in [3.63, 3.8) is 0 Å². The van der Waals surface area contributed by atoms with Crippen LogP contribution in [0.4, 0.5) is 0 Å². The van der Waals surface area contributed by atoms with Crippen LogP contribution in [-0.2, 0) is 6.54 Å². The third-order valence-corrected chi connectivity index (χ3v) is 5.56. The van der Waals surface area contributed by atoms with Crippen molar-refractivity contribution < 1.29 is 0 Å². The zero-order valence-electron chi connectivity index (χ0n) is 16.0. The van der Waals surface area contributed by atoms with Gasteiger partial charge in [0.05, 0.1) is 12.2 Å². The summed E-state index contributed by atoms with van der Waals surface area (Å²) < 4.78 is 2.05. The van der Waals surface area contributed by atoms with Crippen LogP contribution in [-0.4, -0.2) is 52.0 Å². The van der Waals surface area contributed by atoms with Gasteiger partial charge in [-0.2, -0.15) is 0 Å². The van der Waals surface area contributed by atoms with Gasteiger partial charge >= 0.3 is 0 Å². The molecule has 6 nitrogen and oxygen atoms in total. The number of aromatic nitrogens is 2. The van der Waals surface area contributed by atoms with Gasteiger partial charge in [0.15, 0.2) is 10.9 Å². The summed E-state index contributed by atoms with van der Waals surface area (Å²) in [7, 11) is 0. The molecular weight excluding hydrogens is 459 g/mol. The SMILES string of the molecule is CCNC(=NCc1cn2ccsc2n1)NCC(C)(C)N1CCCCC1.I. The molecule has 26 heavy (non-hydrogen) atoms. The van der Waals surface area contributed by atoms with E-state index in [0.717, 1.165) is 29.7 Å². The fourth-order valence-corrected chi connectivity index (χ4v) is 3.98. The first kappa shape index (κ1) is 21.4. The highest BCUT2D eigenvalue weighted by Gasteiger charge is 2.27. The minimum absolute atomic E-state index is 0. The van der Waals surface area contributed by atoms with Gasteiger partial charge in [-0.25, -0.2) is 9.98 Å². The van der Waals surface area contributed by atoms with Crippen molar-refractivity contribution in [2.24, 2.45) is 4.99 Å². The second-order valence-corrected chi connectivity index (χ2v) is 8.11. The molecule has 0 radical (unpaired) electrons. The lowest BCUT2D eigenvalue weighted by Crippen LogP contribution is -2.54. The number of piperidine rings is 1. The number of nitrogens with one attached hydrogen (secondary N) is 2. The number of fused-ring (bicyclic) bond motifs is 1. The van der Waals surface area contributed by atoms with Crippen LogP contribution < -0.4 is 10.6 Å². The number of thiazole rings is 1. The monoisotopic (exact) mass is 490 g/mol. The highest BCUT2D eigenvalue weighted by molar-refractivity contribution is 14.0. The molecule has 0 aromatic carbocycles. The van der Waals surface area contributed by atoms with E-state index in [-0.39, 0.29) is 29.5 Å². The van der Waals surface area contributed by atoms with E-state index in [2.05, 4.69) is 51.9 Å². The maximum Gasteiger partial charge on any atom is 0.193 e. The van der Waals surface area contributed by atoms with Crippen LogP contribution in [0.1, 0.15) is 45.7 Å². The van der Waals surface area contributed by atoms with Crippen LogP contribution in [0, 0.1) is 0 Å². The van der Waals surface area contributed by atoms with E-state index in [9.17, 15) is 0 Å². The minimum Gasteiger partial charge on any atom is -0.357 e. The van der Waals surface area contributed by atoms with Crippen LogP contribution in [0.25, 0.3) is 4.96 Å². The van der Waals surface area contributed by atoms with Crippen molar-refractivity contribution in [1.82, 2.24) is 24.9 Å². The van der Waals surface area contributed by atoms with Crippen LogP contribution in [0.2, 0.25) is 0 Å². The van der Waals surface area contributed by atoms with Gasteiger partial charge in [-0.1, -0.05) is 6.42 Å². The first-order chi connectivity index (χ1) is 12.1. The molecule has 3 heterocycles. The van der Waals surface area contributed by atoms with E-state index in [1.54, 1.807) is 11.3 Å². The van der Waals surface area contributed by atoms with Gasteiger partial charge in [-0.3, -0.25) is 9.30 Å². The molecule has 1 aliphatic heterocycles. The van der Waals surface area contributed by atoms with Gasteiger partial charge in [-0.05, 0) is 46.7 Å². The number of hydrogen-bond donors (Lipinski definition) is 2. The van der Waals surface area contributed by atoms with Crippen LogP contribution >= 0.6 is 35.3 Å². The summed E-state index contributed by atoms with van der Waals surface area (Å²) in [5, 5.41) is 8.91.